The van der Waals surface area contributed by atoms with Gasteiger partial charge in [-0.05, 0) is 13.3 Å². The zero-order valence-electron chi connectivity index (χ0n) is 5.39. The molecule has 0 radical (unpaired) electrons. The Hall–Kier alpha value is -0.0100. The lowest BCUT2D eigenvalue weighted by Gasteiger charge is -1.87. The average molecular weight is 137 g/mol. The highest BCUT2D eigenvalue weighted by Gasteiger charge is 1.85. The number of alkyl halides is 1. The van der Waals surface area contributed by atoms with Crippen molar-refractivity contribution in [2.75, 3.05) is 0 Å². The standard InChI is InChI=1S/C3H7ClO.C3H6/c1-2-3(4)5;1-3-2/h3,5H,2H2,1H3;3H,1H2,2H3. The normalized spacial score (nSPS) is 11.0. The van der Waals surface area contributed by atoms with E-state index >= 15 is 0 Å². The lowest BCUT2D eigenvalue weighted by Crippen LogP contribution is -1.88. The Morgan fingerprint density at radius 3 is 2.00 bits per heavy atom. The minimum absolute atomic E-state index is 0.627. The largest absolute Gasteiger partial charge is 0.378 e. The maximum atomic E-state index is 8.13. The van der Waals surface area contributed by atoms with Crippen LogP contribution in [-0.4, -0.2) is 10.7 Å². The van der Waals surface area contributed by atoms with Crippen LogP contribution in [-0.2, 0) is 0 Å². The molecule has 0 heterocycles. The quantitative estimate of drug-likeness (QED) is 0.433. The summed E-state index contributed by atoms with van der Waals surface area (Å²) in [5, 5.41) is 8.13. The molecule has 0 aliphatic heterocycles. The number of aliphatic hydroxyl groups is 1. The van der Waals surface area contributed by atoms with Crippen LogP contribution in [0.5, 0.6) is 0 Å². The summed E-state index contributed by atoms with van der Waals surface area (Å²) in [6.45, 7) is 7.07. The summed E-state index contributed by atoms with van der Waals surface area (Å²) in [7, 11) is 0. The fraction of sp³-hybridized carbons (Fsp3) is 0.667. The Bertz CT molecular complexity index is 43.8. The molecule has 0 aromatic heterocycles. The van der Waals surface area contributed by atoms with Gasteiger partial charge in [0.25, 0.3) is 0 Å². The van der Waals surface area contributed by atoms with Gasteiger partial charge in [-0.3, -0.25) is 0 Å². The van der Waals surface area contributed by atoms with Gasteiger partial charge in [0.2, 0.25) is 0 Å². The van der Waals surface area contributed by atoms with E-state index in [1.807, 2.05) is 13.8 Å². The third kappa shape index (κ3) is 37.7. The smallest absolute Gasteiger partial charge is 0.127 e. The zero-order valence-corrected chi connectivity index (χ0v) is 6.15. The molecular weight excluding hydrogens is 124 g/mol. The van der Waals surface area contributed by atoms with E-state index < -0.39 is 5.56 Å². The summed E-state index contributed by atoms with van der Waals surface area (Å²) in [4.78, 5) is 0. The van der Waals surface area contributed by atoms with Crippen molar-refractivity contribution in [3.8, 4) is 0 Å². The first-order chi connectivity index (χ1) is 3.68. The molecule has 1 N–H and O–H groups in total. The molecule has 50 valence electrons. The van der Waals surface area contributed by atoms with Crippen LogP contribution in [0.15, 0.2) is 12.7 Å². The predicted octanol–water partition coefficient (Wildman–Crippen LogP) is 2.15. The van der Waals surface area contributed by atoms with Gasteiger partial charge in [-0.15, -0.1) is 6.58 Å². The van der Waals surface area contributed by atoms with Crippen LogP contribution in [0.2, 0.25) is 0 Å². The number of allylic oxidation sites excluding steroid dienone is 1. The molecule has 0 saturated carbocycles. The molecule has 1 nitrogen and oxygen atoms in total. The molecule has 1 unspecified atom stereocenters. The second-order valence-corrected chi connectivity index (χ2v) is 1.75. The van der Waals surface area contributed by atoms with Crippen LogP contribution in [0.4, 0.5) is 0 Å². The van der Waals surface area contributed by atoms with Gasteiger partial charge in [0, 0.05) is 0 Å². The molecule has 0 aliphatic rings. The van der Waals surface area contributed by atoms with Crippen LogP contribution >= 0.6 is 11.6 Å². The van der Waals surface area contributed by atoms with Gasteiger partial charge in [-0.1, -0.05) is 24.6 Å². The molecule has 8 heavy (non-hydrogen) atoms. The van der Waals surface area contributed by atoms with Gasteiger partial charge >= 0.3 is 0 Å². The van der Waals surface area contributed by atoms with E-state index in [9.17, 15) is 0 Å². The maximum Gasteiger partial charge on any atom is 0.127 e. The zero-order chi connectivity index (χ0) is 6.99. The number of hydrogen-bond donors (Lipinski definition) is 1. The SMILES string of the molecule is C=CC.CCC(O)Cl. The molecule has 0 aromatic rings. The first-order valence-electron chi connectivity index (χ1n) is 2.58. The monoisotopic (exact) mass is 136 g/mol. The van der Waals surface area contributed by atoms with Crippen LogP contribution < -0.4 is 0 Å². The summed E-state index contributed by atoms with van der Waals surface area (Å²) >= 11 is 5.02. The molecule has 0 fully saturated rings. The average Bonchev–Trinajstić information content (AvgIpc) is 1.69. The minimum atomic E-state index is -0.644. The highest BCUT2D eigenvalue weighted by atomic mass is 35.5. The summed E-state index contributed by atoms with van der Waals surface area (Å²) < 4.78 is 0. The van der Waals surface area contributed by atoms with Crippen molar-refractivity contribution in [3.63, 3.8) is 0 Å². The molecule has 0 spiro atoms. The highest BCUT2D eigenvalue weighted by Crippen LogP contribution is 1.91. The fourth-order valence-electron chi connectivity index (χ4n) is 0. The van der Waals surface area contributed by atoms with Crippen molar-refractivity contribution in [3.05, 3.63) is 12.7 Å². The number of aliphatic hydroxyl groups excluding tert-OH is 1. The number of hydrogen-bond acceptors (Lipinski definition) is 1. The topological polar surface area (TPSA) is 20.2 Å². The molecule has 2 heteroatoms. The third-order valence-electron chi connectivity index (χ3n) is 0.337. The van der Waals surface area contributed by atoms with Crippen LogP contribution in [0.25, 0.3) is 0 Å². The lowest BCUT2D eigenvalue weighted by atomic mass is 10.5. The molecule has 0 aliphatic carbocycles. The first-order valence-corrected chi connectivity index (χ1v) is 3.01. The summed E-state index contributed by atoms with van der Waals surface area (Å²) in [5.74, 6) is 0. The van der Waals surface area contributed by atoms with E-state index in [1.54, 1.807) is 6.08 Å². The Labute approximate surface area is 56.0 Å². The molecule has 0 aromatic carbocycles. The van der Waals surface area contributed by atoms with Gasteiger partial charge in [0.15, 0.2) is 0 Å². The molecule has 0 saturated heterocycles. The first kappa shape index (κ1) is 10.9. The van der Waals surface area contributed by atoms with Gasteiger partial charge < -0.3 is 5.11 Å². The van der Waals surface area contributed by atoms with Crippen LogP contribution in [0.3, 0.4) is 0 Å². The molecular formula is C6H13ClO. The van der Waals surface area contributed by atoms with Crippen molar-refractivity contribution in [2.24, 2.45) is 0 Å². The van der Waals surface area contributed by atoms with Crippen LogP contribution in [0.1, 0.15) is 20.3 Å². The van der Waals surface area contributed by atoms with Crippen molar-refractivity contribution in [2.45, 2.75) is 25.8 Å². The van der Waals surface area contributed by atoms with Gasteiger partial charge in [0.1, 0.15) is 5.56 Å². The van der Waals surface area contributed by atoms with E-state index in [4.69, 9.17) is 16.7 Å². The van der Waals surface area contributed by atoms with Crippen molar-refractivity contribution >= 4 is 11.6 Å². The third-order valence-corrected chi connectivity index (χ3v) is 0.645. The van der Waals surface area contributed by atoms with Crippen molar-refractivity contribution in [1.82, 2.24) is 0 Å². The van der Waals surface area contributed by atoms with Gasteiger partial charge in [0.05, 0.1) is 0 Å². The molecule has 0 bridgehead atoms. The summed E-state index contributed by atoms with van der Waals surface area (Å²) in [6, 6.07) is 0. The minimum Gasteiger partial charge on any atom is -0.378 e. The van der Waals surface area contributed by atoms with E-state index in [0.29, 0.717) is 6.42 Å². The number of rotatable bonds is 1. The second kappa shape index (κ2) is 10.1. The van der Waals surface area contributed by atoms with E-state index in [-0.39, 0.29) is 0 Å². The van der Waals surface area contributed by atoms with Crippen molar-refractivity contribution in [1.29, 1.82) is 0 Å². The second-order valence-electron chi connectivity index (χ2n) is 1.25. The van der Waals surface area contributed by atoms with E-state index in [2.05, 4.69) is 6.58 Å². The van der Waals surface area contributed by atoms with Crippen LogP contribution in [0, 0.1) is 0 Å². The summed E-state index contributed by atoms with van der Waals surface area (Å²) in [5.41, 5.74) is -0.644. The Morgan fingerprint density at radius 1 is 1.88 bits per heavy atom. The molecule has 0 rings (SSSR count). The lowest BCUT2D eigenvalue weighted by molar-refractivity contribution is 0.252. The number of halogens is 1. The molecule has 1 atom stereocenters. The highest BCUT2D eigenvalue weighted by molar-refractivity contribution is 6.19. The van der Waals surface area contributed by atoms with Gasteiger partial charge in [-0.25, -0.2) is 0 Å². The molecule has 0 amide bonds. The van der Waals surface area contributed by atoms with Gasteiger partial charge in [-0.2, -0.15) is 0 Å². The van der Waals surface area contributed by atoms with Crippen molar-refractivity contribution < 1.29 is 5.11 Å². The Kier molecular flexibility index (Phi) is 13.7. The van der Waals surface area contributed by atoms with E-state index in [0.717, 1.165) is 0 Å². The Morgan fingerprint density at radius 2 is 2.00 bits per heavy atom. The van der Waals surface area contributed by atoms with E-state index in [1.165, 1.54) is 0 Å². The predicted molar refractivity (Wildman–Crippen MR) is 38.0 cm³/mol. The summed E-state index contributed by atoms with van der Waals surface area (Å²) in [6.07, 6.45) is 2.38. The fourth-order valence-corrected chi connectivity index (χ4v) is 0. The maximum absolute atomic E-state index is 8.13. The Balaban J connectivity index is 0.